The molecule has 2 nitrogen and oxygen atoms in total. The molecular formula is C7H10F3N2S2+. The van der Waals surface area contributed by atoms with E-state index in [1.165, 1.54) is 0 Å². The average molecular weight is 243 g/mol. The van der Waals surface area contributed by atoms with Crippen LogP contribution in [0.1, 0.15) is 20.3 Å². The van der Waals surface area contributed by atoms with Crippen LogP contribution in [-0.4, -0.2) is 15.4 Å². The van der Waals surface area contributed by atoms with Gasteiger partial charge in [-0.2, -0.15) is 0 Å². The Balaban J connectivity index is 2.83. The van der Waals surface area contributed by atoms with Crippen LogP contribution >= 0.6 is 22.2 Å². The van der Waals surface area contributed by atoms with Gasteiger partial charge in [-0.05, 0) is 18.2 Å². The molecule has 0 aliphatic carbocycles. The van der Waals surface area contributed by atoms with Gasteiger partial charge in [0.1, 0.15) is 10.5 Å². The van der Waals surface area contributed by atoms with Gasteiger partial charge in [0.05, 0.1) is 0 Å². The van der Waals surface area contributed by atoms with E-state index in [-0.39, 0.29) is 9.59 Å². The summed E-state index contributed by atoms with van der Waals surface area (Å²) in [6, 6.07) is 0. The second-order valence-corrected chi connectivity index (χ2v) is 6.13. The molecule has 0 aliphatic heterocycles. The van der Waals surface area contributed by atoms with Crippen LogP contribution in [0.4, 0.5) is 13.2 Å². The molecule has 14 heavy (non-hydrogen) atoms. The summed E-state index contributed by atoms with van der Waals surface area (Å²) < 4.78 is 37.3. The number of nitrogens with zero attached hydrogens (tertiary/aromatic N) is 2. The summed E-state index contributed by atoms with van der Waals surface area (Å²) in [5, 5.41) is 6.99. The highest BCUT2D eigenvalue weighted by Gasteiger charge is 2.47. The summed E-state index contributed by atoms with van der Waals surface area (Å²) in [6.07, 6.45) is 0.818. The molecule has 1 aromatic rings. The van der Waals surface area contributed by atoms with E-state index in [2.05, 4.69) is 10.2 Å². The van der Waals surface area contributed by atoms with Crippen molar-refractivity contribution >= 4 is 22.2 Å². The average Bonchev–Trinajstić information content (AvgIpc) is 2.51. The zero-order valence-electron chi connectivity index (χ0n) is 7.71. The molecular weight excluding hydrogens is 233 g/mol. The first kappa shape index (κ1) is 11.8. The number of alkyl halides is 3. The zero-order valence-corrected chi connectivity index (χ0v) is 9.34. The van der Waals surface area contributed by atoms with E-state index in [1.807, 2.05) is 13.8 Å². The van der Waals surface area contributed by atoms with Crippen molar-refractivity contribution in [1.82, 2.24) is 10.2 Å². The SMILES string of the molecule is CCC(C)Sc1nnc[s+]1C(F)(F)F. The van der Waals surface area contributed by atoms with Gasteiger partial charge in [0.2, 0.25) is 0 Å². The molecule has 1 rings (SSSR count). The van der Waals surface area contributed by atoms with Gasteiger partial charge in [0.25, 0.3) is 5.51 Å². The van der Waals surface area contributed by atoms with E-state index in [0.29, 0.717) is 0 Å². The lowest BCUT2D eigenvalue weighted by molar-refractivity contribution is -0.0875. The molecule has 7 heteroatoms. The number of hydrogen-bond acceptors (Lipinski definition) is 3. The van der Waals surface area contributed by atoms with E-state index < -0.39 is 16.0 Å². The van der Waals surface area contributed by atoms with E-state index in [4.69, 9.17) is 0 Å². The molecule has 0 saturated carbocycles. The minimum absolute atomic E-state index is 0.0897. The number of thioether (sulfide) groups is 1. The van der Waals surface area contributed by atoms with Crippen molar-refractivity contribution < 1.29 is 13.2 Å². The zero-order chi connectivity index (χ0) is 10.8. The molecule has 0 aliphatic rings. The lowest BCUT2D eigenvalue weighted by Crippen LogP contribution is -1.98. The van der Waals surface area contributed by atoms with Crippen LogP contribution in [0, 0.1) is 0 Å². The molecule has 0 aromatic carbocycles. The van der Waals surface area contributed by atoms with Crippen LogP contribution in [0.2, 0.25) is 0 Å². The summed E-state index contributed by atoms with van der Waals surface area (Å²) in [7, 11) is -1.88. The molecule has 0 N–H and O–H groups in total. The van der Waals surface area contributed by atoms with Gasteiger partial charge in [-0.25, -0.2) is 0 Å². The van der Waals surface area contributed by atoms with Crippen molar-refractivity contribution in [3.8, 4) is 0 Å². The van der Waals surface area contributed by atoms with Gasteiger partial charge in [-0.3, -0.25) is 0 Å². The van der Waals surface area contributed by atoms with Gasteiger partial charge in [0.15, 0.2) is 0 Å². The van der Waals surface area contributed by atoms with Crippen LogP contribution in [-0.2, 0) is 5.51 Å². The third-order valence-corrected chi connectivity index (χ3v) is 4.71. The molecule has 0 bridgehead atoms. The second kappa shape index (κ2) is 4.48. The lowest BCUT2D eigenvalue weighted by Gasteiger charge is -2.02. The fourth-order valence-corrected chi connectivity index (χ4v) is 3.31. The fourth-order valence-electron chi connectivity index (χ4n) is 0.697. The van der Waals surface area contributed by atoms with E-state index in [9.17, 15) is 13.2 Å². The van der Waals surface area contributed by atoms with E-state index in [1.54, 1.807) is 0 Å². The molecule has 1 aromatic heterocycles. The molecule has 0 fully saturated rings. The monoisotopic (exact) mass is 243 g/mol. The molecule has 0 spiro atoms. The first-order valence-electron chi connectivity index (χ1n) is 4.03. The number of halogens is 3. The Morgan fingerprint density at radius 1 is 1.57 bits per heavy atom. The van der Waals surface area contributed by atoms with Gasteiger partial charge >= 0.3 is 9.85 Å². The van der Waals surface area contributed by atoms with Crippen molar-refractivity contribution in [1.29, 1.82) is 0 Å². The number of hydrogen-bond donors (Lipinski definition) is 0. The van der Waals surface area contributed by atoms with Gasteiger partial charge in [-0.1, -0.05) is 24.0 Å². The maximum Gasteiger partial charge on any atom is 0.604 e. The maximum atomic E-state index is 12.4. The van der Waals surface area contributed by atoms with Gasteiger partial charge in [-0.15, -0.1) is 13.2 Å². The molecule has 2 unspecified atom stereocenters. The Morgan fingerprint density at radius 3 is 2.71 bits per heavy atom. The Morgan fingerprint density at radius 2 is 2.21 bits per heavy atom. The molecule has 2 atom stereocenters. The van der Waals surface area contributed by atoms with E-state index in [0.717, 1.165) is 23.7 Å². The highest BCUT2D eigenvalue weighted by Crippen LogP contribution is 2.47. The van der Waals surface area contributed by atoms with Crippen LogP contribution in [0.3, 0.4) is 0 Å². The topological polar surface area (TPSA) is 25.8 Å². The largest absolute Gasteiger partial charge is 0.604 e. The maximum absolute atomic E-state index is 12.4. The third-order valence-electron chi connectivity index (χ3n) is 1.61. The predicted molar refractivity (Wildman–Crippen MR) is 51.4 cm³/mol. The lowest BCUT2D eigenvalue weighted by atomic mass is 10.4. The Labute approximate surface area is 86.9 Å². The Kier molecular flexibility index (Phi) is 3.77. The van der Waals surface area contributed by atoms with Crippen molar-refractivity contribution in [3.63, 3.8) is 0 Å². The molecule has 0 amide bonds. The highest BCUT2D eigenvalue weighted by atomic mass is 32.2. The third kappa shape index (κ3) is 2.84. The molecule has 0 radical (unpaired) electrons. The summed E-state index contributed by atoms with van der Waals surface area (Å²) in [6.45, 7) is 3.81. The minimum atomic E-state index is -4.24. The first-order valence-corrected chi connectivity index (χ1v) is 6.19. The fraction of sp³-hybridized carbons (Fsp3) is 0.714. The van der Waals surface area contributed by atoms with Gasteiger partial charge in [0, 0.05) is 5.25 Å². The molecule has 80 valence electrons. The minimum Gasteiger partial charge on any atom is -0.118 e. The number of aromatic nitrogens is 2. The van der Waals surface area contributed by atoms with Crippen molar-refractivity contribution in [2.45, 2.75) is 35.4 Å². The number of rotatable bonds is 3. The highest BCUT2D eigenvalue weighted by molar-refractivity contribution is 8.02. The normalized spacial score (nSPS) is 15.6. The van der Waals surface area contributed by atoms with Crippen molar-refractivity contribution in [2.75, 3.05) is 0 Å². The summed E-state index contributed by atoms with van der Waals surface area (Å²) in [5.41, 5.74) is -3.36. The predicted octanol–water partition coefficient (Wildman–Crippen LogP) is 3.59. The summed E-state index contributed by atoms with van der Waals surface area (Å²) >= 11 is 1.16. The molecule has 0 saturated heterocycles. The van der Waals surface area contributed by atoms with Crippen LogP contribution in [0.15, 0.2) is 9.85 Å². The Bertz CT molecular complexity index is 297. The van der Waals surface area contributed by atoms with Crippen molar-refractivity contribution in [2.24, 2.45) is 0 Å². The van der Waals surface area contributed by atoms with E-state index >= 15 is 0 Å². The van der Waals surface area contributed by atoms with Crippen molar-refractivity contribution in [3.05, 3.63) is 5.51 Å². The van der Waals surface area contributed by atoms with Crippen LogP contribution in [0.5, 0.6) is 0 Å². The standard InChI is InChI=1S/C7H10F3N2S2/c1-3-5(2)13-6-12-11-4-14(6)7(8,9)10/h4-5H,3H2,1-2H3/q+1. The molecule has 1 heterocycles. The van der Waals surface area contributed by atoms with Crippen LogP contribution < -0.4 is 0 Å². The first-order chi connectivity index (χ1) is 6.45. The smallest absolute Gasteiger partial charge is 0.118 e. The van der Waals surface area contributed by atoms with Crippen LogP contribution in [0.25, 0.3) is 0 Å². The second-order valence-electron chi connectivity index (χ2n) is 2.71. The summed E-state index contributed by atoms with van der Waals surface area (Å²) in [5.74, 6) is 0. The Hall–Kier alpha value is -0.300. The quantitative estimate of drug-likeness (QED) is 0.599. The summed E-state index contributed by atoms with van der Waals surface area (Å²) in [4.78, 5) is 0. The van der Waals surface area contributed by atoms with Gasteiger partial charge < -0.3 is 0 Å².